The second-order valence-electron chi connectivity index (χ2n) is 3.91. The average Bonchev–Trinajstić information content (AvgIpc) is 2.48. The molecule has 0 aliphatic carbocycles. The fourth-order valence-corrected chi connectivity index (χ4v) is 1.19. The minimum absolute atomic E-state index is 0.0137. The predicted octanol–water partition coefficient (Wildman–Crippen LogP) is 1.43. The molecular weight excluding hydrogens is 200 g/mol. The Balaban J connectivity index is 2.90. The van der Waals surface area contributed by atoms with Gasteiger partial charge in [0.1, 0.15) is 5.60 Å². The van der Waals surface area contributed by atoms with Gasteiger partial charge in [0.15, 0.2) is 0 Å². The third kappa shape index (κ3) is 2.76. The fourth-order valence-electron chi connectivity index (χ4n) is 1.19. The minimum Gasteiger partial charge on any atom is -0.475 e. The molecule has 0 aliphatic heterocycles. The molecule has 0 atom stereocenters. The molecule has 1 aromatic rings. The number of carboxylic acids is 1. The van der Waals surface area contributed by atoms with Crippen molar-refractivity contribution < 1.29 is 19.2 Å². The van der Waals surface area contributed by atoms with E-state index in [9.17, 15) is 4.79 Å². The van der Waals surface area contributed by atoms with Crippen LogP contribution in [0, 0.1) is 0 Å². The van der Waals surface area contributed by atoms with Crippen LogP contribution in [-0.2, 0) is 10.3 Å². The summed E-state index contributed by atoms with van der Waals surface area (Å²) < 4.78 is 10.4. The van der Waals surface area contributed by atoms with Crippen molar-refractivity contribution in [1.29, 1.82) is 0 Å². The summed E-state index contributed by atoms with van der Waals surface area (Å²) in [6, 6.07) is 0. The second kappa shape index (κ2) is 3.98. The first-order valence-electron chi connectivity index (χ1n) is 4.58. The summed E-state index contributed by atoms with van der Waals surface area (Å²) in [5.41, 5.74) is -0.783. The molecule has 0 unspecified atom stereocenters. The Morgan fingerprint density at radius 3 is 2.53 bits per heavy atom. The van der Waals surface area contributed by atoms with E-state index in [-0.39, 0.29) is 17.8 Å². The molecule has 1 heterocycles. The molecule has 6 heteroatoms. The molecule has 0 spiro atoms. The Hall–Kier alpha value is -1.43. The van der Waals surface area contributed by atoms with E-state index in [4.69, 9.17) is 14.4 Å². The lowest BCUT2D eigenvalue weighted by Gasteiger charge is -2.23. The van der Waals surface area contributed by atoms with Crippen molar-refractivity contribution in [2.24, 2.45) is 0 Å². The normalized spacial score (nSPS) is 12.1. The van der Waals surface area contributed by atoms with Crippen LogP contribution in [0.1, 0.15) is 44.2 Å². The van der Waals surface area contributed by atoms with Crippen molar-refractivity contribution in [3.05, 3.63) is 11.7 Å². The van der Waals surface area contributed by atoms with E-state index in [0.29, 0.717) is 0 Å². The Bertz CT molecular complexity index is 357. The van der Waals surface area contributed by atoms with E-state index < -0.39 is 11.6 Å². The highest BCUT2D eigenvalue weighted by atomic mass is 16.5. The molecule has 0 bridgehead atoms. The van der Waals surface area contributed by atoms with Gasteiger partial charge in [0, 0.05) is 0 Å². The predicted molar refractivity (Wildman–Crippen MR) is 50.5 cm³/mol. The Morgan fingerprint density at radius 1 is 1.53 bits per heavy atom. The first kappa shape index (κ1) is 11.6. The number of carboxylic acid groups (broad SMARTS) is 1. The highest BCUT2D eigenvalue weighted by molar-refractivity contribution is 5.82. The first-order valence-corrected chi connectivity index (χ1v) is 4.58. The van der Waals surface area contributed by atoms with Crippen LogP contribution in [0.15, 0.2) is 4.52 Å². The first-order chi connectivity index (χ1) is 6.83. The molecule has 1 N–H and O–H groups in total. The number of hydrogen-bond donors (Lipinski definition) is 1. The molecule has 1 rings (SSSR count). The maximum Gasteiger partial charge on any atom is 0.377 e. The molecule has 84 valence electrons. The standard InChI is InChI=1S/C9H14N2O4/c1-5(2)14-9(3,4)8-10-6(7(12)13)11-15-8/h5H,1-4H3,(H,12,13). The molecule has 0 amide bonds. The number of nitrogens with zero attached hydrogens (tertiary/aromatic N) is 2. The molecule has 0 radical (unpaired) electrons. The average molecular weight is 214 g/mol. The lowest BCUT2D eigenvalue weighted by Crippen LogP contribution is -2.26. The summed E-state index contributed by atoms with van der Waals surface area (Å²) in [5, 5.41) is 11.9. The number of aromatic nitrogens is 2. The molecule has 0 fully saturated rings. The fraction of sp³-hybridized carbons (Fsp3) is 0.667. The van der Waals surface area contributed by atoms with E-state index in [1.807, 2.05) is 13.8 Å². The Labute approximate surface area is 87.2 Å². The zero-order valence-electron chi connectivity index (χ0n) is 9.14. The summed E-state index contributed by atoms with van der Waals surface area (Å²) in [7, 11) is 0. The van der Waals surface area contributed by atoms with Crippen LogP contribution in [0.2, 0.25) is 0 Å². The molecule has 15 heavy (non-hydrogen) atoms. The minimum atomic E-state index is -1.22. The van der Waals surface area contributed by atoms with Gasteiger partial charge in [-0.15, -0.1) is 0 Å². The van der Waals surface area contributed by atoms with Gasteiger partial charge in [-0.25, -0.2) is 4.79 Å². The van der Waals surface area contributed by atoms with Crippen LogP contribution < -0.4 is 0 Å². The molecule has 0 aromatic carbocycles. The zero-order chi connectivity index (χ0) is 11.6. The lowest BCUT2D eigenvalue weighted by atomic mass is 10.1. The van der Waals surface area contributed by atoms with Gasteiger partial charge in [-0.1, -0.05) is 0 Å². The highest BCUT2D eigenvalue weighted by Crippen LogP contribution is 2.24. The van der Waals surface area contributed by atoms with Crippen LogP contribution >= 0.6 is 0 Å². The summed E-state index contributed by atoms with van der Waals surface area (Å²) in [6.45, 7) is 7.23. The number of carbonyl (C=O) groups is 1. The van der Waals surface area contributed by atoms with Gasteiger partial charge in [-0.2, -0.15) is 4.98 Å². The largest absolute Gasteiger partial charge is 0.475 e. The molecule has 6 nitrogen and oxygen atoms in total. The highest BCUT2D eigenvalue weighted by Gasteiger charge is 2.30. The van der Waals surface area contributed by atoms with Gasteiger partial charge < -0.3 is 14.4 Å². The summed E-state index contributed by atoms with van der Waals surface area (Å²) in [5.74, 6) is -1.41. The van der Waals surface area contributed by atoms with Crippen molar-refractivity contribution in [3.8, 4) is 0 Å². The van der Waals surface area contributed by atoms with E-state index >= 15 is 0 Å². The van der Waals surface area contributed by atoms with Crippen LogP contribution in [0.5, 0.6) is 0 Å². The third-order valence-electron chi connectivity index (χ3n) is 1.66. The Kier molecular flexibility index (Phi) is 3.09. The smallest absolute Gasteiger partial charge is 0.377 e. The van der Waals surface area contributed by atoms with E-state index in [1.54, 1.807) is 13.8 Å². The maximum atomic E-state index is 10.5. The van der Waals surface area contributed by atoms with Crippen LogP contribution in [0.25, 0.3) is 0 Å². The van der Waals surface area contributed by atoms with E-state index in [2.05, 4.69) is 10.1 Å². The van der Waals surface area contributed by atoms with Gasteiger partial charge in [0.05, 0.1) is 6.10 Å². The zero-order valence-corrected chi connectivity index (χ0v) is 9.14. The van der Waals surface area contributed by atoms with Crippen LogP contribution in [-0.4, -0.2) is 27.3 Å². The van der Waals surface area contributed by atoms with E-state index in [0.717, 1.165) is 0 Å². The quantitative estimate of drug-likeness (QED) is 0.815. The Morgan fingerprint density at radius 2 is 2.13 bits per heavy atom. The summed E-state index contributed by atoms with van der Waals surface area (Å²) >= 11 is 0. The molecular formula is C9H14N2O4. The molecule has 0 saturated heterocycles. The van der Waals surface area contributed by atoms with Gasteiger partial charge in [-0.3, -0.25) is 0 Å². The van der Waals surface area contributed by atoms with Gasteiger partial charge in [0.25, 0.3) is 11.7 Å². The number of aromatic carboxylic acids is 1. The molecule has 1 aromatic heterocycles. The lowest BCUT2D eigenvalue weighted by molar-refractivity contribution is -0.0782. The third-order valence-corrected chi connectivity index (χ3v) is 1.66. The van der Waals surface area contributed by atoms with Crippen molar-refractivity contribution in [2.75, 3.05) is 0 Å². The SMILES string of the molecule is CC(C)OC(C)(C)c1nc(C(=O)O)no1. The van der Waals surface area contributed by atoms with Gasteiger partial charge in [0.2, 0.25) is 0 Å². The van der Waals surface area contributed by atoms with E-state index in [1.165, 1.54) is 0 Å². The topological polar surface area (TPSA) is 85.5 Å². The summed E-state index contributed by atoms with van der Waals surface area (Å²) in [4.78, 5) is 14.3. The monoisotopic (exact) mass is 214 g/mol. The number of hydrogen-bond acceptors (Lipinski definition) is 5. The maximum absolute atomic E-state index is 10.5. The number of ether oxygens (including phenoxy) is 1. The summed E-state index contributed by atoms with van der Waals surface area (Å²) in [6.07, 6.45) is -0.0137. The van der Waals surface area contributed by atoms with Crippen molar-refractivity contribution in [3.63, 3.8) is 0 Å². The van der Waals surface area contributed by atoms with Crippen molar-refractivity contribution in [2.45, 2.75) is 39.4 Å². The second-order valence-corrected chi connectivity index (χ2v) is 3.91. The van der Waals surface area contributed by atoms with Crippen LogP contribution in [0.4, 0.5) is 0 Å². The molecule has 0 aliphatic rings. The number of rotatable bonds is 4. The van der Waals surface area contributed by atoms with Crippen molar-refractivity contribution in [1.82, 2.24) is 10.1 Å². The van der Waals surface area contributed by atoms with Gasteiger partial charge in [-0.05, 0) is 32.9 Å². The van der Waals surface area contributed by atoms with Crippen LogP contribution in [0.3, 0.4) is 0 Å². The van der Waals surface area contributed by atoms with Gasteiger partial charge >= 0.3 is 5.97 Å². The van der Waals surface area contributed by atoms with Crippen molar-refractivity contribution >= 4 is 5.97 Å². The molecule has 0 saturated carbocycles.